The van der Waals surface area contributed by atoms with E-state index in [-0.39, 0.29) is 18.1 Å². The molecule has 0 radical (unpaired) electrons. The maximum atomic E-state index is 11.0. The van der Waals surface area contributed by atoms with Gasteiger partial charge in [0.2, 0.25) is 11.8 Å². The van der Waals surface area contributed by atoms with Crippen molar-refractivity contribution in [3.63, 3.8) is 0 Å². The van der Waals surface area contributed by atoms with Crippen LogP contribution >= 0.6 is 0 Å². The molecule has 3 N–H and O–H groups in total. The summed E-state index contributed by atoms with van der Waals surface area (Å²) in [6.45, 7) is 2.96. The minimum absolute atomic E-state index is 0.147. The summed E-state index contributed by atoms with van der Waals surface area (Å²) in [6.07, 6.45) is 5.47. The van der Waals surface area contributed by atoms with Crippen molar-refractivity contribution < 1.29 is 10.0 Å². The number of rotatable bonds is 7. The van der Waals surface area contributed by atoms with E-state index in [0.717, 1.165) is 19.3 Å². The van der Waals surface area contributed by atoms with Gasteiger partial charge in [-0.2, -0.15) is 4.98 Å². The van der Waals surface area contributed by atoms with E-state index >= 15 is 0 Å². The van der Waals surface area contributed by atoms with Crippen molar-refractivity contribution in [2.45, 2.75) is 44.6 Å². The van der Waals surface area contributed by atoms with Crippen molar-refractivity contribution >= 4 is 17.5 Å². The van der Waals surface area contributed by atoms with Crippen molar-refractivity contribution in [3.05, 3.63) is 16.3 Å². The van der Waals surface area contributed by atoms with Crippen LogP contribution in [-0.4, -0.2) is 38.7 Å². The fourth-order valence-electron chi connectivity index (χ4n) is 2.42. The molecule has 8 nitrogen and oxygen atoms in total. The van der Waals surface area contributed by atoms with Gasteiger partial charge in [0.15, 0.2) is 0 Å². The molecule has 0 aliphatic heterocycles. The Morgan fingerprint density at radius 2 is 2.14 bits per heavy atom. The molecule has 0 atom stereocenters. The van der Waals surface area contributed by atoms with Gasteiger partial charge in [-0.25, -0.2) is 4.98 Å². The molecule has 0 aromatic carbocycles. The second-order valence-corrected chi connectivity index (χ2v) is 5.40. The lowest BCUT2D eigenvalue weighted by Crippen LogP contribution is -2.34. The van der Waals surface area contributed by atoms with E-state index in [4.69, 9.17) is 0 Å². The average Bonchev–Trinajstić information content (AvgIpc) is 2.90. The molecule has 21 heavy (non-hydrogen) atoms. The zero-order valence-corrected chi connectivity index (χ0v) is 12.1. The number of anilines is 2. The fraction of sp³-hybridized carbons (Fsp3) is 0.692. The molecule has 1 aliphatic carbocycles. The number of hydrogen-bond donors (Lipinski definition) is 3. The molecule has 1 aromatic rings. The highest BCUT2D eigenvalue weighted by Crippen LogP contribution is 2.30. The van der Waals surface area contributed by atoms with Gasteiger partial charge in [0.1, 0.15) is 6.20 Å². The highest BCUT2D eigenvalue weighted by molar-refractivity contribution is 5.57. The first kappa shape index (κ1) is 15.4. The molecule has 0 amide bonds. The lowest BCUT2D eigenvalue weighted by atomic mass is 10.0. The smallest absolute Gasteiger partial charge is 0.329 e. The van der Waals surface area contributed by atoms with E-state index in [9.17, 15) is 15.2 Å². The van der Waals surface area contributed by atoms with Crippen molar-refractivity contribution in [3.8, 4) is 0 Å². The summed E-state index contributed by atoms with van der Waals surface area (Å²) in [5.74, 6) is 0.497. The number of aliphatic hydroxyl groups is 1. The van der Waals surface area contributed by atoms with E-state index in [1.54, 1.807) is 0 Å². The second kappa shape index (κ2) is 6.66. The van der Waals surface area contributed by atoms with E-state index in [2.05, 4.69) is 20.6 Å². The van der Waals surface area contributed by atoms with Crippen LogP contribution in [0.4, 0.5) is 17.5 Å². The van der Waals surface area contributed by atoms with Crippen molar-refractivity contribution in [1.82, 2.24) is 9.97 Å². The van der Waals surface area contributed by atoms with E-state index in [1.165, 1.54) is 6.20 Å². The second-order valence-electron chi connectivity index (χ2n) is 5.40. The summed E-state index contributed by atoms with van der Waals surface area (Å²) in [6, 6.07) is 0. The Hall–Kier alpha value is -1.96. The standard InChI is InChI=1S/C13H21N5O3/c1-2-7-14-12-15-8-10(18(20)21)11(17-12)16-9-13(19)5-3-4-6-13/h8,19H,2-7,9H2,1H3,(H2,14,15,16,17). The normalized spacial score (nSPS) is 16.7. The van der Waals surface area contributed by atoms with Crippen LogP contribution in [0.25, 0.3) is 0 Å². The van der Waals surface area contributed by atoms with Crippen LogP contribution in [0.15, 0.2) is 6.20 Å². The molecule has 8 heteroatoms. The van der Waals surface area contributed by atoms with Crippen LogP contribution in [0.2, 0.25) is 0 Å². The molecular formula is C13H21N5O3. The van der Waals surface area contributed by atoms with E-state index < -0.39 is 10.5 Å². The summed E-state index contributed by atoms with van der Waals surface area (Å²) < 4.78 is 0. The third kappa shape index (κ3) is 4.01. The number of nitrogens with zero attached hydrogens (tertiary/aromatic N) is 3. The molecule has 1 fully saturated rings. The lowest BCUT2D eigenvalue weighted by molar-refractivity contribution is -0.384. The van der Waals surface area contributed by atoms with Gasteiger partial charge in [0, 0.05) is 13.1 Å². The monoisotopic (exact) mass is 295 g/mol. The largest absolute Gasteiger partial charge is 0.388 e. The predicted molar refractivity (Wildman–Crippen MR) is 79.4 cm³/mol. The number of hydrogen-bond acceptors (Lipinski definition) is 7. The Labute approximate surface area is 123 Å². The Bertz CT molecular complexity index is 503. The molecule has 0 spiro atoms. The Balaban J connectivity index is 2.11. The van der Waals surface area contributed by atoms with E-state index in [1.807, 2.05) is 6.92 Å². The third-order valence-corrected chi connectivity index (χ3v) is 3.62. The first-order valence-electron chi connectivity index (χ1n) is 7.25. The van der Waals surface area contributed by atoms with Crippen LogP contribution in [-0.2, 0) is 0 Å². The number of aromatic nitrogens is 2. The molecule has 2 rings (SSSR count). The van der Waals surface area contributed by atoms with Crippen molar-refractivity contribution in [2.24, 2.45) is 0 Å². The molecule has 1 aromatic heterocycles. The van der Waals surface area contributed by atoms with Gasteiger partial charge in [-0.15, -0.1) is 0 Å². The zero-order valence-electron chi connectivity index (χ0n) is 12.1. The minimum atomic E-state index is -0.796. The summed E-state index contributed by atoms with van der Waals surface area (Å²) in [4.78, 5) is 18.6. The van der Waals surface area contributed by atoms with Gasteiger partial charge in [-0.05, 0) is 19.3 Å². The molecule has 0 saturated heterocycles. The Kier molecular flexibility index (Phi) is 4.89. The highest BCUT2D eigenvalue weighted by Gasteiger charge is 2.31. The molecule has 116 valence electrons. The fourth-order valence-corrected chi connectivity index (χ4v) is 2.42. The van der Waals surface area contributed by atoms with Crippen LogP contribution in [0.3, 0.4) is 0 Å². The lowest BCUT2D eigenvalue weighted by Gasteiger charge is -2.22. The summed E-state index contributed by atoms with van der Waals surface area (Å²) in [5, 5.41) is 27.2. The maximum Gasteiger partial charge on any atom is 0.329 e. The van der Waals surface area contributed by atoms with Crippen molar-refractivity contribution in [1.29, 1.82) is 0 Å². The van der Waals surface area contributed by atoms with Gasteiger partial charge < -0.3 is 15.7 Å². The molecule has 1 heterocycles. The van der Waals surface area contributed by atoms with Crippen LogP contribution in [0.5, 0.6) is 0 Å². The zero-order chi connectivity index (χ0) is 15.3. The molecule has 1 aliphatic rings. The molecular weight excluding hydrogens is 274 g/mol. The Morgan fingerprint density at radius 3 is 2.76 bits per heavy atom. The Morgan fingerprint density at radius 1 is 1.43 bits per heavy atom. The van der Waals surface area contributed by atoms with Gasteiger partial charge in [-0.1, -0.05) is 19.8 Å². The topological polar surface area (TPSA) is 113 Å². The molecule has 0 bridgehead atoms. The number of nitrogens with one attached hydrogen (secondary N) is 2. The third-order valence-electron chi connectivity index (χ3n) is 3.62. The van der Waals surface area contributed by atoms with Gasteiger partial charge in [0.25, 0.3) is 0 Å². The summed E-state index contributed by atoms with van der Waals surface area (Å²) in [5.41, 5.74) is -0.978. The SMILES string of the molecule is CCCNc1ncc([N+](=O)[O-])c(NCC2(O)CCCC2)n1. The summed E-state index contributed by atoms with van der Waals surface area (Å²) in [7, 11) is 0. The maximum absolute atomic E-state index is 11.0. The minimum Gasteiger partial charge on any atom is -0.388 e. The predicted octanol–water partition coefficient (Wildman–Crippen LogP) is 1.92. The summed E-state index contributed by atoms with van der Waals surface area (Å²) >= 11 is 0. The van der Waals surface area contributed by atoms with Gasteiger partial charge in [-0.3, -0.25) is 10.1 Å². The molecule has 0 unspecified atom stereocenters. The number of nitro groups is 1. The highest BCUT2D eigenvalue weighted by atomic mass is 16.6. The van der Waals surface area contributed by atoms with Crippen LogP contribution in [0, 0.1) is 10.1 Å². The van der Waals surface area contributed by atoms with Crippen molar-refractivity contribution in [2.75, 3.05) is 23.7 Å². The quantitative estimate of drug-likeness (QED) is 0.520. The van der Waals surface area contributed by atoms with E-state index in [0.29, 0.717) is 25.3 Å². The van der Waals surface area contributed by atoms with Crippen LogP contribution < -0.4 is 10.6 Å². The van der Waals surface area contributed by atoms with Crippen LogP contribution in [0.1, 0.15) is 39.0 Å². The average molecular weight is 295 g/mol. The molecule has 1 saturated carbocycles. The first-order valence-corrected chi connectivity index (χ1v) is 7.25. The van der Waals surface area contributed by atoms with Gasteiger partial charge in [0.05, 0.1) is 10.5 Å². The van der Waals surface area contributed by atoms with Gasteiger partial charge >= 0.3 is 5.69 Å². The first-order chi connectivity index (χ1) is 10.0.